The lowest BCUT2D eigenvalue weighted by Gasteiger charge is -2.01. The molecule has 0 radical (unpaired) electrons. The quantitative estimate of drug-likeness (QED) is 0.716. The van der Waals surface area contributed by atoms with Crippen molar-refractivity contribution in [3.8, 4) is 0 Å². The van der Waals surface area contributed by atoms with Crippen molar-refractivity contribution in [2.45, 2.75) is 12.8 Å². The second-order valence-corrected chi connectivity index (χ2v) is 5.35. The highest BCUT2D eigenvalue weighted by molar-refractivity contribution is 9.14. The molecule has 4 heteroatoms. The van der Waals surface area contributed by atoms with Gasteiger partial charge in [0.1, 0.15) is 10.1 Å². The predicted octanol–water partition coefficient (Wildman–Crippen LogP) is 4.26. The van der Waals surface area contributed by atoms with Crippen LogP contribution in [-0.2, 0) is 6.42 Å². The van der Waals surface area contributed by atoms with Gasteiger partial charge in [-0.3, -0.25) is 0 Å². The summed E-state index contributed by atoms with van der Waals surface area (Å²) in [5.41, 5.74) is 3.25. The van der Waals surface area contributed by atoms with E-state index in [4.69, 9.17) is 0 Å². The lowest BCUT2D eigenvalue weighted by atomic mass is 10.1. The molecule has 0 aliphatic heterocycles. The Morgan fingerprint density at radius 1 is 1.05 bits per heavy atom. The van der Waals surface area contributed by atoms with Gasteiger partial charge in [0.25, 0.3) is 0 Å². The second-order valence-electron chi connectivity index (χ2n) is 4.54. The van der Waals surface area contributed by atoms with Gasteiger partial charge < -0.3 is 0 Å². The zero-order valence-corrected chi connectivity index (χ0v) is 12.5. The summed E-state index contributed by atoms with van der Waals surface area (Å²) in [5, 5.41) is 8.32. The van der Waals surface area contributed by atoms with Gasteiger partial charge in [0, 0.05) is 0 Å². The summed E-state index contributed by atoms with van der Waals surface area (Å²) in [4.78, 5) is 0. The minimum absolute atomic E-state index is 0.904. The topological polar surface area (TPSA) is 30.7 Å². The standard InChI is InChI=1S/C16H14BrN3/c17-16(12-6-9-13-7-2-1-3-8-13)20-15-11-5-4-10-14(15)18-19-20/h1-5,7-8,10-12H,6,9H2/b16-12+. The zero-order chi connectivity index (χ0) is 13.8. The number of fused-ring (bicyclic) bond motifs is 1. The molecule has 0 amide bonds. The van der Waals surface area contributed by atoms with Crippen LogP contribution in [0, 0.1) is 0 Å². The number of hydrogen-bond acceptors (Lipinski definition) is 2. The number of nitrogens with zero attached hydrogens (tertiary/aromatic N) is 3. The molecule has 3 nitrogen and oxygen atoms in total. The van der Waals surface area contributed by atoms with Crippen LogP contribution in [0.3, 0.4) is 0 Å². The first-order valence-electron chi connectivity index (χ1n) is 6.55. The Labute approximate surface area is 126 Å². The van der Waals surface area contributed by atoms with E-state index >= 15 is 0 Å². The average molecular weight is 328 g/mol. The van der Waals surface area contributed by atoms with Gasteiger partial charge in [0.2, 0.25) is 0 Å². The van der Waals surface area contributed by atoms with Gasteiger partial charge in [-0.2, -0.15) is 0 Å². The van der Waals surface area contributed by atoms with E-state index in [2.05, 4.69) is 56.6 Å². The van der Waals surface area contributed by atoms with E-state index < -0.39 is 0 Å². The Morgan fingerprint density at radius 2 is 1.80 bits per heavy atom. The number of aromatic nitrogens is 3. The van der Waals surface area contributed by atoms with E-state index in [0.29, 0.717) is 0 Å². The second kappa shape index (κ2) is 6.01. The average Bonchev–Trinajstić information content (AvgIpc) is 2.92. The molecular formula is C16H14BrN3. The maximum absolute atomic E-state index is 4.17. The van der Waals surface area contributed by atoms with Crippen molar-refractivity contribution in [1.29, 1.82) is 0 Å². The Kier molecular flexibility index (Phi) is 3.92. The first kappa shape index (κ1) is 13.1. The molecule has 3 aromatic rings. The molecule has 0 saturated heterocycles. The van der Waals surface area contributed by atoms with E-state index in [1.54, 1.807) is 0 Å². The molecule has 0 N–H and O–H groups in total. The summed E-state index contributed by atoms with van der Waals surface area (Å²) in [5.74, 6) is 0. The normalized spacial score (nSPS) is 11.9. The number of allylic oxidation sites excluding steroid dienone is 1. The Morgan fingerprint density at radius 3 is 2.65 bits per heavy atom. The van der Waals surface area contributed by atoms with E-state index in [1.165, 1.54) is 5.56 Å². The molecule has 1 aromatic heterocycles. The van der Waals surface area contributed by atoms with Gasteiger partial charge in [-0.15, -0.1) is 5.10 Å². The maximum Gasteiger partial charge on any atom is 0.113 e. The third-order valence-electron chi connectivity index (χ3n) is 3.14. The van der Waals surface area contributed by atoms with Gasteiger partial charge >= 0.3 is 0 Å². The SMILES string of the molecule is Br/C(=C\CCc1ccccc1)n1nnc2ccccc21. The van der Waals surface area contributed by atoms with Gasteiger partial charge in [-0.05, 0) is 46.5 Å². The number of halogens is 1. The monoisotopic (exact) mass is 327 g/mol. The molecule has 3 rings (SSSR count). The lowest BCUT2D eigenvalue weighted by molar-refractivity contribution is 0.851. The fourth-order valence-corrected chi connectivity index (χ4v) is 2.61. The minimum atomic E-state index is 0.904. The fraction of sp³-hybridized carbons (Fsp3) is 0.125. The fourth-order valence-electron chi connectivity index (χ4n) is 2.12. The van der Waals surface area contributed by atoms with E-state index in [1.807, 2.05) is 35.0 Å². The highest BCUT2D eigenvalue weighted by Crippen LogP contribution is 2.20. The van der Waals surface area contributed by atoms with Crippen LogP contribution in [0.15, 0.2) is 60.7 Å². The first-order chi connectivity index (χ1) is 9.84. The Bertz CT molecular complexity index is 732. The molecule has 1 heterocycles. The van der Waals surface area contributed by atoms with Crippen LogP contribution in [0.2, 0.25) is 0 Å². The van der Waals surface area contributed by atoms with E-state index in [-0.39, 0.29) is 0 Å². The molecule has 0 unspecified atom stereocenters. The summed E-state index contributed by atoms with van der Waals surface area (Å²) in [6, 6.07) is 18.4. The minimum Gasteiger partial charge on any atom is -0.206 e. The third-order valence-corrected chi connectivity index (χ3v) is 3.80. The van der Waals surface area contributed by atoms with Crippen molar-refractivity contribution in [1.82, 2.24) is 15.0 Å². The van der Waals surface area contributed by atoms with Crippen LogP contribution in [0.25, 0.3) is 15.6 Å². The Hall–Kier alpha value is -1.94. The number of hydrogen-bond donors (Lipinski definition) is 0. The summed E-state index contributed by atoms with van der Waals surface area (Å²) in [6.07, 6.45) is 4.11. The summed E-state index contributed by atoms with van der Waals surface area (Å²) in [7, 11) is 0. The predicted molar refractivity (Wildman–Crippen MR) is 85.5 cm³/mol. The van der Waals surface area contributed by atoms with Gasteiger partial charge in [-0.1, -0.05) is 53.8 Å². The molecule has 0 bridgehead atoms. The van der Waals surface area contributed by atoms with Crippen molar-refractivity contribution in [3.05, 3.63) is 66.2 Å². The number of benzene rings is 2. The molecule has 0 spiro atoms. The largest absolute Gasteiger partial charge is 0.206 e. The third kappa shape index (κ3) is 2.80. The number of aryl methyl sites for hydroxylation is 1. The molecule has 2 aromatic carbocycles. The number of rotatable bonds is 4. The summed E-state index contributed by atoms with van der Waals surface area (Å²) >= 11 is 3.58. The summed E-state index contributed by atoms with van der Waals surface area (Å²) < 4.78 is 2.75. The van der Waals surface area contributed by atoms with Crippen molar-refractivity contribution in [2.75, 3.05) is 0 Å². The maximum atomic E-state index is 4.17. The van der Waals surface area contributed by atoms with Crippen molar-refractivity contribution in [2.24, 2.45) is 0 Å². The molecule has 0 saturated carbocycles. The van der Waals surface area contributed by atoms with Crippen molar-refractivity contribution in [3.63, 3.8) is 0 Å². The van der Waals surface area contributed by atoms with Crippen LogP contribution >= 0.6 is 15.9 Å². The highest BCUT2D eigenvalue weighted by Gasteiger charge is 2.05. The van der Waals surface area contributed by atoms with E-state index in [9.17, 15) is 0 Å². The van der Waals surface area contributed by atoms with Crippen LogP contribution in [-0.4, -0.2) is 15.0 Å². The van der Waals surface area contributed by atoms with Crippen molar-refractivity contribution >= 4 is 31.6 Å². The molecule has 100 valence electrons. The zero-order valence-electron chi connectivity index (χ0n) is 10.9. The number of para-hydroxylation sites is 1. The smallest absolute Gasteiger partial charge is 0.113 e. The summed E-state index contributed by atoms with van der Waals surface area (Å²) in [6.45, 7) is 0. The van der Waals surface area contributed by atoms with Crippen LogP contribution < -0.4 is 0 Å². The van der Waals surface area contributed by atoms with E-state index in [0.717, 1.165) is 28.5 Å². The van der Waals surface area contributed by atoms with Crippen LogP contribution in [0.4, 0.5) is 0 Å². The van der Waals surface area contributed by atoms with Crippen molar-refractivity contribution < 1.29 is 0 Å². The molecule has 0 atom stereocenters. The molecule has 0 aliphatic rings. The van der Waals surface area contributed by atoms with Crippen LogP contribution in [0.1, 0.15) is 12.0 Å². The molecular weight excluding hydrogens is 314 g/mol. The van der Waals surface area contributed by atoms with Gasteiger partial charge in [0.05, 0.1) is 5.52 Å². The van der Waals surface area contributed by atoms with Crippen LogP contribution in [0.5, 0.6) is 0 Å². The molecule has 20 heavy (non-hydrogen) atoms. The Balaban J connectivity index is 1.75. The lowest BCUT2D eigenvalue weighted by Crippen LogP contribution is -1.94. The van der Waals surface area contributed by atoms with Gasteiger partial charge in [0.15, 0.2) is 0 Å². The molecule has 0 aliphatic carbocycles. The molecule has 0 fully saturated rings. The first-order valence-corrected chi connectivity index (χ1v) is 7.34. The van der Waals surface area contributed by atoms with Gasteiger partial charge in [-0.25, -0.2) is 4.68 Å². The highest BCUT2D eigenvalue weighted by atomic mass is 79.9.